The first-order chi connectivity index (χ1) is 22.1. The maximum absolute atomic E-state index is 14.9. The number of urea groups is 1. The molecule has 232 valence electrons. The second-order valence-corrected chi connectivity index (χ2v) is 11.2. The van der Waals surface area contributed by atoms with Crippen LogP contribution in [0.3, 0.4) is 0 Å². The van der Waals surface area contributed by atoms with Crippen LogP contribution < -0.4 is 10.6 Å². The third kappa shape index (κ3) is 6.01. The molecule has 1 aliphatic heterocycles. The summed E-state index contributed by atoms with van der Waals surface area (Å²) in [6.45, 7) is 5.17. The first-order valence-corrected chi connectivity index (χ1v) is 14.6. The number of hydrogen-bond donors (Lipinski definition) is 2. The van der Waals surface area contributed by atoms with Crippen molar-refractivity contribution in [2.45, 2.75) is 33.4 Å². The zero-order valence-electron chi connectivity index (χ0n) is 25.3. The van der Waals surface area contributed by atoms with E-state index >= 15 is 0 Å². The van der Waals surface area contributed by atoms with Gasteiger partial charge in [0.1, 0.15) is 17.5 Å². The molecule has 0 saturated heterocycles. The Kier molecular flexibility index (Phi) is 8.19. The Balaban J connectivity index is 1.54. The van der Waals surface area contributed by atoms with Crippen LogP contribution in [-0.2, 0) is 11.3 Å². The number of aromatic nitrogens is 2. The largest absolute Gasteiger partial charge is 0.326 e. The molecular formula is C36H30F3N5O2. The summed E-state index contributed by atoms with van der Waals surface area (Å²) in [5, 5.41) is 10.4. The number of halogens is 3. The minimum absolute atomic E-state index is 0.0626. The van der Waals surface area contributed by atoms with Crippen LogP contribution in [0.15, 0.2) is 103 Å². The van der Waals surface area contributed by atoms with Crippen LogP contribution in [0.1, 0.15) is 39.6 Å². The molecule has 0 saturated carbocycles. The number of carbonyl (C=O) groups excluding carboxylic acids is 2. The van der Waals surface area contributed by atoms with Gasteiger partial charge in [-0.1, -0.05) is 42.5 Å². The highest BCUT2D eigenvalue weighted by atomic mass is 19.1. The zero-order valence-corrected chi connectivity index (χ0v) is 25.3. The van der Waals surface area contributed by atoms with E-state index in [2.05, 4.69) is 15.7 Å². The number of anilines is 1. The molecule has 10 heteroatoms. The number of aryl methyl sites for hydroxylation is 3. The van der Waals surface area contributed by atoms with Crippen LogP contribution >= 0.6 is 0 Å². The lowest BCUT2D eigenvalue weighted by Crippen LogP contribution is -2.48. The van der Waals surface area contributed by atoms with E-state index in [9.17, 15) is 22.8 Å². The molecule has 0 aliphatic carbocycles. The summed E-state index contributed by atoms with van der Waals surface area (Å²) in [6, 6.07) is 22.0. The van der Waals surface area contributed by atoms with Crippen molar-refractivity contribution in [1.82, 2.24) is 20.0 Å². The third-order valence-electron chi connectivity index (χ3n) is 7.95. The molecule has 0 bridgehead atoms. The summed E-state index contributed by atoms with van der Waals surface area (Å²) in [7, 11) is 0. The lowest BCUT2D eigenvalue weighted by molar-refractivity contribution is -0.113. The number of carbonyl (C=O) groups is 2. The van der Waals surface area contributed by atoms with Gasteiger partial charge in [-0.2, -0.15) is 5.10 Å². The summed E-state index contributed by atoms with van der Waals surface area (Å²) >= 11 is 0. The predicted molar refractivity (Wildman–Crippen MR) is 169 cm³/mol. The van der Waals surface area contributed by atoms with E-state index in [0.29, 0.717) is 22.4 Å². The monoisotopic (exact) mass is 621 g/mol. The van der Waals surface area contributed by atoms with Gasteiger partial charge in [-0.05, 0) is 85.5 Å². The van der Waals surface area contributed by atoms with E-state index in [1.807, 2.05) is 44.3 Å². The van der Waals surface area contributed by atoms with Crippen molar-refractivity contribution >= 4 is 23.3 Å². The fraction of sp³-hybridized carbons (Fsp3) is 0.139. The van der Waals surface area contributed by atoms with Crippen molar-refractivity contribution in [3.63, 3.8) is 0 Å². The summed E-state index contributed by atoms with van der Waals surface area (Å²) < 4.78 is 44.4. The Morgan fingerprint density at radius 3 is 2.28 bits per heavy atom. The van der Waals surface area contributed by atoms with E-state index in [1.165, 1.54) is 29.2 Å². The van der Waals surface area contributed by atoms with Gasteiger partial charge in [-0.3, -0.25) is 9.69 Å². The average Bonchev–Trinajstić information content (AvgIpc) is 3.47. The standard InChI is InChI=1S/C36H30F3N5O2/c1-21-18-28(44-16-15-23(3)42-44)12-13-29(21)33-32(35(45)40-31-14-11-26(37)17-22(31)2)34(24-7-5-4-6-8-24)43(36(46)41-33)20-25-9-10-27(38)19-30(25)39/h4-19,33H,20H2,1-3H3,(H,40,45)(H,41,46). The van der Waals surface area contributed by atoms with Gasteiger partial charge >= 0.3 is 6.03 Å². The smallest absolute Gasteiger partial charge is 0.322 e. The van der Waals surface area contributed by atoms with Crippen LogP contribution in [0.2, 0.25) is 0 Å². The van der Waals surface area contributed by atoms with E-state index in [0.717, 1.165) is 29.1 Å². The molecule has 4 aromatic carbocycles. The Hall–Kier alpha value is -5.64. The van der Waals surface area contributed by atoms with Crippen molar-refractivity contribution in [3.05, 3.63) is 154 Å². The predicted octanol–water partition coefficient (Wildman–Crippen LogP) is 7.53. The van der Waals surface area contributed by atoms with E-state index in [-0.39, 0.29) is 23.4 Å². The van der Waals surface area contributed by atoms with Gasteiger partial charge in [0, 0.05) is 23.5 Å². The average molecular weight is 622 g/mol. The Bertz CT molecular complexity index is 2000. The summed E-state index contributed by atoms with van der Waals surface area (Å²) in [5.41, 5.74) is 5.01. The van der Waals surface area contributed by atoms with Crippen LogP contribution in [0.25, 0.3) is 11.4 Å². The van der Waals surface area contributed by atoms with Gasteiger partial charge in [0.2, 0.25) is 0 Å². The molecular weight excluding hydrogens is 591 g/mol. The van der Waals surface area contributed by atoms with Crippen LogP contribution in [0, 0.1) is 38.2 Å². The topological polar surface area (TPSA) is 79.3 Å². The lowest BCUT2D eigenvalue weighted by atomic mass is 9.88. The van der Waals surface area contributed by atoms with Gasteiger partial charge < -0.3 is 10.6 Å². The lowest BCUT2D eigenvalue weighted by Gasteiger charge is -2.38. The highest BCUT2D eigenvalue weighted by molar-refractivity contribution is 6.13. The summed E-state index contributed by atoms with van der Waals surface area (Å²) in [5.74, 6) is -2.56. The number of benzene rings is 4. The van der Waals surface area contributed by atoms with Crippen molar-refractivity contribution in [1.29, 1.82) is 0 Å². The first kappa shape index (κ1) is 30.4. The maximum Gasteiger partial charge on any atom is 0.322 e. The molecule has 2 N–H and O–H groups in total. The van der Waals surface area contributed by atoms with Gasteiger partial charge in [0.15, 0.2) is 0 Å². The normalized spacial score (nSPS) is 14.8. The zero-order chi connectivity index (χ0) is 32.5. The highest BCUT2D eigenvalue weighted by Gasteiger charge is 2.39. The molecule has 0 spiro atoms. The number of amides is 3. The van der Waals surface area contributed by atoms with Gasteiger partial charge in [0.05, 0.1) is 35.2 Å². The van der Waals surface area contributed by atoms with E-state index < -0.39 is 35.4 Å². The van der Waals surface area contributed by atoms with Gasteiger partial charge in [0.25, 0.3) is 5.91 Å². The summed E-state index contributed by atoms with van der Waals surface area (Å²) in [4.78, 5) is 29.7. The van der Waals surface area contributed by atoms with E-state index in [4.69, 9.17) is 0 Å². The first-order valence-electron chi connectivity index (χ1n) is 14.6. The molecule has 1 unspecified atom stereocenters. The fourth-order valence-corrected chi connectivity index (χ4v) is 5.65. The molecule has 7 nitrogen and oxygen atoms in total. The van der Waals surface area contributed by atoms with Crippen molar-refractivity contribution in [2.24, 2.45) is 0 Å². The van der Waals surface area contributed by atoms with Crippen molar-refractivity contribution < 1.29 is 22.8 Å². The maximum atomic E-state index is 14.9. The number of hydrogen-bond acceptors (Lipinski definition) is 3. The second kappa shape index (κ2) is 12.4. The number of nitrogens with one attached hydrogen (secondary N) is 2. The third-order valence-corrected chi connectivity index (χ3v) is 7.95. The van der Waals surface area contributed by atoms with Crippen molar-refractivity contribution in [2.75, 3.05) is 5.32 Å². The molecule has 6 rings (SSSR count). The van der Waals surface area contributed by atoms with E-state index in [1.54, 1.807) is 41.9 Å². The SMILES string of the molecule is Cc1ccn(-c2ccc(C3NC(=O)N(Cc4ccc(F)cc4F)C(c4ccccc4)=C3C(=O)Nc3ccc(F)cc3C)c(C)c2)n1. The molecule has 1 aliphatic rings. The molecule has 3 amide bonds. The Labute approximate surface area is 264 Å². The quantitative estimate of drug-likeness (QED) is 0.197. The number of nitrogens with zero attached hydrogens (tertiary/aromatic N) is 3. The van der Waals surface area contributed by atoms with Crippen LogP contribution in [-0.4, -0.2) is 26.6 Å². The highest BCUT2D eigenvalue weighted by Crippen LogP contribution is 2.39. The number of rotatable bonds is 7. The molecule has 1 atom stereocenters. The molecule has 1 aromatic heterocycles. The summed E-state index contributed by atoms with van der Waals surface area (Å²) in [6.07, 6.45) is 1.84. The van der Waals surface area contributed by atoms with Crippen molar-refractivity contribution in [3.8, 4) is 5.69 Å². The minimum Gasteiger partial charge on any atom is -0.326 e. The molecule has 0 fully saturated rings. The fourth-order valence-electron chi connectivity index (χ4n) is 5.65. The Morgan fingerprint density at radius 1 is 0.870 bits per heavy atom. The van der Waals surface area contributed by atoms with Crippen LogP contribution in [0.4, 0.5) is 23.7 Å². The second-order valence-electron chi connectivity index (χ2n) is 11.2. The molecule has 2 heterocycles. The van der Waals surface area contributed by atoms with Crippen LogP contribution in [0.5, 0.6) is 0 Å². The van der Waals surface area contributed by atoms with Gasteiger partial charge in [-0.25, -0.2) is 22.6 Å². The molecule has 5 aromatic rings. The van der Waals surface area contributed by atoms with Gasteiger partial charge in [-0.15, -0.1) is 0 Å². The minimum atomic E-state index is -0.925. The molecule has 0 radical (unpaired) electrons. The Morgan fingerprint density at radius 2 is 1.61 bits per heavy atom. The molecule has 46 heavy (non-hydrogen) atoms.